The average molecular weight is 359 g/mol. The van der Waals surface area contributed by atoms with Gasteiger partial charge in [0.05, 0.1) is 20.0 Å². The molecule has 2 aromatic heterocycles. The fourth-order valence-electron chi connectivity index (χ4n) is 1.31. The highest BCUT2D eigenvalue weighted by Crippen LogP contribution is 2.24. The van der Waals surface area contributed by atoms with Gasteiger partial charge in [0.1, 0.15) is 5.82 Å². The molecular weight excluding hydrogens is 346 g/mol. The van der Waals surface area contributed by atoms with Crippen LogP contribution < -0.4 is 14.8 Å². The molecule has 0 unspecified atom stereocenters. The van der Waals surface area contributed by atoms with Crippen molar-refractivity contribution >= 4 is 46.8 Å². The molecule has 0 saturated heterocycles. The zero-order valence-corrected chi connectivity index (χ0v) is 14.5. The van der Waals surface area contributed by atoms with E-state index < -0.39 is 0 Å². The van der Waals surface area contributed by atoms with Gasteiger partial charge in [-0.05, 0) is 17.8 Å². The van der Waals surface area contributed by atoms with E-state index in [1.807, 2.05) is 6.26 Å². The van der Waals surface area contributed by atoms with Gasteiger partial charge in [-0.25, -0.2) is 4.98 Å². The van der Waals surface area contributed by atoms with E-state index in [4.69, 9.17) is 9.47 Å². The van der Waals surface area contributed by atoms with Crippen LogP contribution >= 0.6 is 35.1 Å². The van der Waals surface area contributed by atoms with Crippen LogP contribution in [0.15, 0.2) is 15.6 Å². The Kier molecular flexibility index (Phi) is 6.21. The van der Waals surface area contributed by atoms with Crippen molar-refractivity contribution in [3.63, 3.8) is 0 Å². The van der Waals surface area contributed by atoms with Crippen molar-refractivity contribution in [2.24, 2.45) is 0 Å². The Morgan fingerprint density at radius 2 is 2.14 bits per heavy atom. The lowest BCUT2D eigenvalue weighted by molar-refractivity contribution is -0.113. The Bertz CT molecular complexity index is 629. The van der Waals surface area contributed by atoms with Crippen LogP contribution in [0.1, 0.15) is 0 Å². The van der Waals surface area contributed by atoms with Gasteiger partial charge in [-0.15, -0.1) is 0 Å². The molecule has 0 aliphatic rings. The van der Waals surface area contributed by atoms with Crippen molar-refractivity contribution < 1.29 is 14.3 Å². The minimum Gasteiger partial charge on any atom is -0.481 e. The summed E-state index contributed by atoms with van der Waals surface area (Å²) in [5, 5.41) is 3.37. The number of anilines is 1. The van der Waals surface area contributed by atoms with Gasteiger partial charge in [0.2, 0.25) is 16.9 Å². The first kappa shape index (κ1) is 16.8. The molecule has 0 aliphatic heterocycles. The number of aromatic nitrogens is 4. The Morgan fingerprint density at radius 1 is 1.32 bits per heavy atom. The number of amides is 1. The zero-order chi connectivity index (χ0) is 15.9. The van der Waals surface area contributed by atoms with Gasteiger partial charge in [0, 0.05) is 6.07 Å². The molecule has 2 rings (SSSR count). The Hall–Kier alpha value is -1.59. The SMILES string of the molecule is COc1cc(NC(=O)CSc2nc(SC)ns2)nc(OC)n1. The number of nitrogens with one attached hydrogen (secondary N) is 1. The molecule has 8 nitrogen and oxygen atoms in total. The third kappa shape index (κ3) is 4.71. The van der Waals surface area contributed by atoms with Crippen molar-refractivity contribution in [3.8, 4) is 11.9 Å². The first-order valence-electron chi connectivity index (χ1n) is 5.92. The lowest BCUT2D eigenvalue weighted by Crippen LogP contribution is -2.15. The maximum absolute atomic E-state index is 11.9. The monoisotopic (exact) mass is 359 g/mol. The van der Waals surface area contributed by atoms with Gasteiger partial charge >= 0.3 is 6.01 Å². The van der Waals surface area contributed by atoms with Gasteiger partial charge in [0.25, 0.3) is 0 Å². The molecule has 2 heterocycles. The third-order valence-corrected chi connectivity index (χ3v) is 4.74. The second kappa shape index (κ2) is 8.15. The predicted molar refractivity (Wildman–Crippen MR) is 86.2 cm³/mol. The number of ether oxygens (including phenoxy) is 2. The summed E-state index contributed by atoms with van der Waals surface area (Å²) in [5.74, 6) is 0.617. The zero-order valence-electron chi connectivity index (χ0n) is 12.0. The number of thioether (sulfide) groups is 2. The van der Waals surface area contributed by atoms with E-state index in [9.17, 15) is 4.79 Å². The summed E-state index contributed by atoms with van der Waals surface area (Å²) in [6, 6.07) is 1.64. The van der Waals surface area contributed by atoms with Crippen LogP contribution in [0.2, 0.25) is 0 Å². The van der Waals surface area contributed by atoms with Crippen LogP contribution in [0, 0.1) is 0 Å². The normalized spacial score (nSPS) is 10.3. The highest BCUT2D eigenvalue weighted by atomic mass is 32.2. The van der Waals surface area contributed by atoms with Gasteiger partial charge in [-0.3, -0.25) is 4.79 Å². The van der Waals surface area contributed by atoms with Crippen molar-refractivity contribution in [1.82, 2.24) is 19.3 Å². The maximum atomic E-state index is 11.9. The molecule has 1 amide bonds. The lowest BCUT2D eigenvalue weighted by atomic mass is 10.5. The Labute approximate surface area is 139 Å². The first-order valence-corrected chi connectivity index (χ1v) is 8.90. The van der Waals surface area contributed by atoms with E-state index in [1.54, 1.807) is 0 Å². The molecule has 0 atom stereocenters. The molecule has 11 heteroatoms. The molecular formula is C11H13N5O3S3. The molecule has 0 spiro atoms. The standard InChI is InChI=1S/C11H13N5O3S3/c1-18-8-4-6(13-9(14-8)19-2)12-7(17)5-21-11-15-10(20-3)16-22-11/h4H,5H2,1-3H3,(H,12,13,14,17). The average Bonchev–Trinajstić information content (AvgIpc) is 3.00. The van der Waals surface area contributed by atoms with Crippen molar-refractivity contribution in [2.75, 3.05) is 31.5 Å². The fourth-order valence-corrected chi connectivity index (χ4v) is 3.32. The van der Waals surface area contributed by atoms with E-state index in [1.165, 1.54) is 55.3 Å². The molecule has 0 fully saturated rings. The molecule has 1 N–H and O–H groups in total. The number of hydrogen-bond acceptors (Lipinski definition) is 10. The first-order chi connectivity index (χ1) is 10.6. The van der Waals surface area contributed by atoms with Crippen LogP contribution in [-0.4, -0.2) is 51.5 Å². The summed E-state index contributed by atoms with van der Waals surface area (Å²) in [7, 11) is 2.91. The van der Waals surface area contributed by atoms with Crippen molar-refractivity contribution in [3.05, 3.63) is 6.07 Å². The summed E-state index contributed by atoms with van der Waals surface area (Å²) < 4.78 is 14.8. The summed E-state index contributed by atoms with van der Waals surface area (Å²) in [5.41, 5.74) is 0. The Balaban J connectivity index is 1.93. The van der Waals surface area contributed by atoms with Crippen molar-refractivity contribution in [2.45, 2.75) is 9.50 Å². The minimum atomic E-state index is -0.214. The highest BCUT2D eigenvalue weighted by molar-refractivity contribution is 8.01. The van der Waals surface area contributed by atoms with Gasteiger partial charge in [-0.2, -0.15) is 14.3 Å². The van der Waals surface area contributed by atoms with Gasteiger partial charge < -0.3 is 14.8 Å². The number of carbonyl (C=O) groups is 1. The van der Waals surface area contributed by atoms with Crippen LogP contribution in [0.4, 0.5) is 5.82 Å². The number of carbonyl (C=O) groups excluding carboxylic acids is 1. The second-order valence-electron chi connectivity index (χ2n) is 3.67. The minimum absolute atomic E-state index is 0.121. The molecule has 0 aliphatic carbocycles. The van der Waals surface area contributed by atoms with Crippen LogP contribution in [0.5, 0.6) is 11.9 Å². The highest BCUT2D eigenvalue weighted by Gasteiger charge is 2.11. The smallest absolute Gasteiger partial charge is 0.321 e. The molecule has 118 valence electrons. The summed E-state index contributed by atoms with van der Waals surface area (Å²) in [4.78, 5) is 24.2. The molecule has 0 bridgehead atoms. The van der Waals surface area contributed by atoms with E-state index >= 15 is 0 Å². The third-order valence-electron chi connectivity index (χ3n) is 2.24. The molecule has 0 saturated carbocycles. The van der Waals surface area contributed by atoms with E-state index in [2.05, 4.69) is 24.6 Å². The number of nitrogens with zero attached hydrogens (tertiary/aromatic N) is 4. The predicted octanol–water partition coefficient (Wildman–Crippen LogP) is 1.80. The van der Waals surface area contributed by atoms with E-state index in [0.717, 1.165) is 4.34 Å². The van der Waals surface area contributed by atoms with Gasteiger partial charge in [-0.1, -0.05) is 23.5 Å². The topological polar surface area (TPSA) is 99.1 Å². The Morgan fingerprint density at radius 3 is 2.77 bits per heavy atom. The second-order valence-corrected chi connectivity index (χ2v) is 6.41. The largest absolute Gasteiger partial charge is 0.481 e. The quantitative estimate of drug-likeness (QED) is 0.742. The van der Waals surface area contributed by atoms with Crippen LogP contribution in [0.3, 0.4) is 0 Å². The summed E-state index contributed by atoms with van der Waals surface area (Å²) >= 11 is 4.05. The van der Waals surface area contributed by atoms with Crippen LogP contribution in [0.25, 0.3) is 0 Å². The molecule has 0 radical (unpaired) electrons. The molecule has 2 aromatic rings. The van der Waals surface area contributed by atoms with Crippen LogP contribution in [-0.2, 0) is 4.79 Å². The van der Waals surface area contributed by atoms with Crippen molar-refractivity contribution in [1.29, 1.82) is 0 Å². The number of rotatable bonds is 7. The molecule has 0 aromatic carbocycles. The fraction of sp³-hybridized carbons (Fsp3) is 0.364. The maximum Gasteiger partial charge on any atom is 0.321 e. The number of hydrogen-bond donors (Lipinski definition) is 1. The summed E-state index contributed by atoms with van der Waals surface area (Å²) in [6.45, 7) is 0. The van der Waals surface area contributed by atoms with Gasteiger partial charge in [0.15, 0.2) is 4.34 Å². The van der Waals surface area contributed by atoms with E-state index in [0.29, 0.717) is 16.9 Å². The summed E-state index contributed by atoms with van der Waals surface area (Å²) in [6.07, 6.45) is 1.90. The van der Waals surface area contributed by atoms with E-state index in [-0.39, 0.29) is 17.7 Å². The number of methoxy groups -OCH3 is 2. The molecule has 22 heavy (non-hydrogen) atoms. The lowest BCUT2D eigenvalue weighted by Gasteiger charge is -2.07.